The Labute approximate surface area is 113 Å². The predicted octanol–water partition coefficient (Wildman–Crippen LogP) is 0.741. The minimum Gasteiger partial charge on any atom is -0.364 e. The molecule has 1 aliphatic heterocycles. The molecule has 1 N–H and O–H groups in total. The van der Waals surface area contributed by atoms with Gasteiger partial charge in [0.1, 0.15) is 18.0 Å². The zero-order chi connectivity index (χ0) is 13.8. The average Bonchev–Trinajstić information content (AvgIpc) is 2.42. The fourth-order valence-corrected chi connectivity index (χ4v) is 1.85. The predicted molar refractivity (Wildman–Crippen MR) is 75.2 cm³/mol. The minimum absolute atomic E-state index is 0.110. The number of hydrogen-bond acceptors (Lipinski definition) is 5. The van der Waals surface area contributed by atoms with Crippen molar-refractivity contribution in [1.29, 1.82) is 0 Å². The van der Waals surface area contributed by atoms with Gasteiger partial charge >= 0.3 is 0 Å². The quantitative estimate of drug-likeness (QED) is 0.810. The summed E-state index contributed by atoms with van der Waals surface area (Å²) in [7, 11) is 1.82. The molecule has 0 aliphatic carbocycles. The van der Waals surface area contributed by atoms with E-state index in [4.69, 9.17) is 0 Å². The summed E-state index contributed by atoms with van der Waals surface area (Å²) in [6, 6.07) is 2.00. The largest absolute Gasteiger partial charge is 0.364 e. The van der Waals surface area contributed by atoms with Gasteiger partial charge in [-0.3, -0.25) is 4.79 Å². The second-order valence-electron chi connectivity index (χ2n) is 4.67. The van der Waals surface area contributed by atoms with Crippen molar-refractivity contribution in [2.45, 2.75) is 13.0 Å². The number of nitrogens with one attached hydrogen (secondary N) is 1. The summed E-state index contributed by atoms with van der Waals surface area (Å²) in [4.78, 5) is 23.8. The first-order chi connectivity index (χ1) is 9.10. The Morgan fingerprint density at radius 3 is 2.95 bits per heavy atom. The van der Waals surface area contributed by atoms with Crippen molar-refractivity contribution in [1.82, 2.24) is 14.9 Å². The normalized spacial score (nSPS) is 17.3. The molecule has 0 saturated carbocycles. The average molecular weight is 261 g/mol. The van der Waals surface area contributed by atoms with Crippen molar-refractivity contribution >= 4 is 17.5 Å². The van der Waals surface area contributed by atoms with Crippen LogP contribution in [0.1, 0.15) is 6.92 Å². The summed E-state index contributed by atoms with van der Waals surface area (Å²) in [5.74, 6) is 1.62. The first-order valence-corrected chi connectivity index (χ1v) is 6.30. The number of anilines is 2. The summed E-state index contributed by atoms with van der Waals surface area (Å²) < 4.78 is 0. The summed E-state index contributed by atoms with van der Waals surface area (Å²) in [5, 5.41) is 3.20. The highest BCUT2D eigenvalue weighted by atomic mass is 16.2. The van der Waals surface area contributed by atoms with E-state index >= 15 is 0 Å². The van der Waals surface area contributed by atoms with Gasteiger partial charge in [0.2, 0.25) is 5.91 Å². The molecule has 1 saturated heterocycles. The highest BCUT2D eigenvalue weighted by Crippen LogP contribution is 2.16. The van der Waals surface area contributed by atoms with Gasteiger partial charge in [-0.25, -0.2) is 9.97 Å². The fraction of sp³-hybridized carbons (Fsp3) is 0.462. The van der Waals surface area contributed by atoms with Gasteiger partial charge in [0.05, 0.1) is 6.54 Å². The Kier molecular flexibility index (Phi) is 3.99. The Hall–Kier alpha value is -2.11. The van der Waals surface area contributed by atoms with Crippen LogP contribution in [0.3, 0.4) is 0 Å². The molecule has 1 aliphatic rings. The van der Waals surface area contributed by atoms with Crippen LogP contribution in [0.4, 0.5) is 11.6 Å². The van der Waals surface area contributed by atoms with Gasteiger partial charge in [-0.2, -0.15) is 0 Å². The number of aromatic nitrogens is 2. The van der Waals surface area contributed by atoms with Crippen molar-refractivity contribution in [3.8, 4) is 0 Å². The Balaban J connectivity index is 2.10. The number of carbonyl (C=O) groups excluding carboxylic acids is 1. The molecule has 102 valence electrons. The molecule has 2 rings (SSSR count). The van der Waals surface area contributed by atoms with Crippen molar-refractivity contribution < 1.29 is 4.79 Å². The van der Waals surface area contributed by atoms with Gasteiger partial charge in [-0.1, -0.05) is 6.08 Å². The molecule has 0 spiro atoms. The molecule has 19 heavy (non-hydrogen) atoms. The maximum atomic E-state index is 11.7. The summed E-state index contributed by atoms with van der Waals surface area (Å²) in [6.45, 7) is 7.58. The van der Waals surface area contributed by atoms with Crippen LogP contribution < -0.4 is 10.2 Å². The van der Waals surface area contributed by atoms with E-state index in [1.54, 1.807) is 11.0 Å². The second kappa shape index (κ2) is 5.69. The van der Waals surface area contributed by atoms with Crippen LogP contribution in [-0.2, 0) is 4.79 Å². The number of amides is 1. The molecule has 6 nitrogen and oxygen atoms in total. The number of carbonyl (C=O) groups is 1. The molecule has 1 aromatic rings. The molecule has 1 amide bonds. The number of piperazine rings is 1. The molecule has 1 fully saturated rings. The van der Waals surface area contributed by atoms with Crippen molar-refractivity contribution in [3.63, 3.8) is 0 Å². The third kappa shape index (κ3) is 3.21. The van der Waals surface area contributed by atoms with E-state index in [1.165, 1.54) is 6.33 Å². The highest BCUT2D eigenvalue weighted by molar-refractivity contribution is 5.82. The van der Waals surface area contributed by atoms with E-state index in [0.717, 1.165) is 18.2 Å². The summed E-state index contributed by atoms with van der Waals surface area (Å²) in [6.07, 6.45) is 3.32. The SMILES string of the molecule is C=CC(C)Nc1cc(N2CCN(C)C(=O)C2)ncn1. The molecule has 2 heterocycles. The summed E-state index contributed by atoms with van der Waals surface area (Å²) in [5.41, 5.74) is 0. The molecular formula is C13H19N5O. The smallest absolute Gasteiger partial charge is 0.241 e. The Bertz CT molecular complexity index is 476. The molecule has 0 aromatic carbocycles. The first-order valence-electron chi connectivity index (χ1n) is 6.30. The van der Waals surface area contributed by atoms with Crippen LogP contribution in [-0.4, -0.2) is 53.5 Å². The van der Waals surface area contributed by atoms with Crippen LogP contribution in [0.5, 0.6) is 0 Å². The van der Waals surface area contributed by atoms with E-state index < -0.39 is 0 Å². The van der Waals surface area contributed by atoms with Crippen LogP contribution >= 0.6 is 0 Å². The maximum absolute atomic E-state index is 11.7. The molecule has 0 bridgehead atoms. The molecular weight excluding hydrogens is 242 g/mol. The van der Waals surface area contributed by atoms with E-state index in [1.807, 2.05) is 24.9 Å². The number of hydrogen-bond donors (Lipinski definition) is 1. The fourth-order valence-electron chi connectivity index (χ4n) is 1.85. The second-order valence-corrected chi connectivity index (χ2v) is 4.67. The first kappa shape index (κ1) is 13.3. The van der Waals surface area contributed by atoms with Gasteiger partial charge in [-0.15, -0.1) is 6.58 Å². The van der Waals surface area contributed by atoms with Gasteiger partial charge in [0.15, 0.2) is 0 Å². The lowest BCUT2D eigenvalue weighted by Crippen LogP contribution is -2.48. The lowest BCUT2D eigenvalue weighted by molar-refractivity contribution is -0.129. The van der Waals surface area contributed by atoms with Gasteiger partial charge in [0, 0.05) is 32.2 Å². The molecule has 1 aromatic heterocycles. The molecule has 1 atom stereocenters. The molecule has 0 radical (unpaired) electrons. The van der Waals surface area contributed by atoms with Gasteiger partial charge < -0.3 is 15.1 Å². The van der Waals surface area contributed by atoms with Crippen molar-refractivity contribution in [2.75, 3.05) is 36.9 Å². The number of rotatable bonds is 4. The van der Waals surface area contributed by atoms with Crippen molar-refractivity contribution in [2.24, 2.45) is 0 Å². The van der Waals surface area contributed by atoms with Gasteiger partial charge in [-0.05, 0) is 6.92 Å². The van der Waals surface area contributed by atoms with Crippen LogP contribution in [0.25, 0.3) is 0 Å². The third-order valence-electron chi connectivity index (χ3n) is 3.16. The van der Waals surface area contributed by atoms with E-state index in [2.05, 4.69) is 21.9 Å². The highest BCUT2D eigenvalue weighted by Gasteiger charge is 2.22. The van der Waals surface area contributed by atoms with Crippen LogP contribution in [0.15, 0.2) is 25.0 Å². The third-order valence-corrected chi connectivity index (χ3v) is 3.16. The molecule has 6 heteroatoms. The zero-order valence-electron chi connectivity index (χ0n) is 11.3. The van der Waals surface area contributed by atoms with Crippen LogP contribution in [0, 0.1) is 0 Å². The minimum atomic E-state index is 0.110. The Morgan fingerprint density at radius 2 is 2.26 bits per heavy atom. The standard InChI is InChI=1S/C13H19N5O/c1-4-10(2)16-11-7-12(15-9-14-11)18-6-5-17(3)13(19)8-18/h4,7,9-10H,1,5-6,8H2,2-3H3,(H,14,15,16). The maximum Gasteiger partial charge on any atom is 0.241 e. The monoisotopic (exact) mass is 261 g/mol. The lowest BCUT2D eigenvalue weighted by atomic mass is 10.3. The van der Waals surface area contributed by atoms with Crippen LogP contribution in [0.2, 0.25) is 0 Å². The lowest BCUT2D eigenvalue weighted by Gasteiger charge is -2.32. The van der Waals surface area contributed by atoms with Gasteiger partial charge in [0.25, 0.3) is 0 Å². The zero-order valence-corrected chi connectivity index (χ0v) is 11.3. The van der Waals surface area contributed by atoms with E-state index in [9.17, 15) is 4.79 Å². The number of likely N-dealkylation sites (N-methyl/N-ethyl adjacent to an activating group) is 1. The molecule has 1 unspecified atom stereocenters. The van der Waals surface area contributed by atoms with Crippen molar-refractivity contribution in [3.05, 3.63) is 25.0 Å². The van der Waals surface area contributed by atoms with E-state index in [-0.39, 0.29) is 11.9 Å². The topological polar surface area (TPSA) is 61.4 Å². The Morgan fingerprint density at radius 1 is 1.47 bits per heavy atom. The summed E-state index contributed by atoms with van der Waals surface area (Å²) >= 11 is 0. The van der Waals surface area contributed by atoms with E-state index in [0.29, 0.717) is 13.1 Å². The number of nitrogens with zero attached hydrogens (tertiary/aromatic N) is 4.